The number of esters is 1. The number of nitrogens with zero attached hydrogens (tertiary/aromatic N) is 2. The highest BCUT2D eigenvalue weighted by Gasteiger charge is 2.10. The van der Waals surface area contributed by atoms with Gasteiger partial charge in [-0.3, -0.25) is 0 Å². The summed E-state index contributed by atoms with van der Waals surface area (Å²) in [5.74, 6) is 0.607. The fraction of sp³-hybridized carbons (Fsp3) is 0.190. The summed E-state index contributed by atoms with van der Waals surface area (Å²) in [7, 11) is 0. The highest BCUT2D eigenvalue weighted by molar-refractivity contribution is 9.10. The molecule has 0 unspecified atom stereocenters. The second-order valence-electron chi connectivity index (χ2n) is 6.06. The second-order valence-corrected chi connectivity index (χ2v) is 6.91. The van der Waals surface area contributed by atoms with Crippen LogP contribution in [0.1, 0.15) is 23.9 Å². The van der Waals surface area contributed by atoms with Crippen LogP contribution in [-0.2, 0) is 9.53 Å². The number of aryl methyl sites for hydroxylation is 1. The Morgan fingerprint density at radius 2 is 2.14 bits per heavy atom. The van der Waals surface area contributed by atoms with Gasteiger partial charge in [-0.05, 0) is 71.2 Å². The number of ether oxygens (including phenoxy) is 2. The number of aromatic amines is 1. The predicted molar refractivity (Wildman–Crippen MR) is 111 cm³/mol. The number of carbonyl (C=O) groups is 1. The molecule has 0 spiro atoms. The third-order valence-corrected chi connectivity index (χ3v) is 4.55. The topological polar surface area (TPSA) is 88.0 Å². The van der Waals surface area contributed by atoms with Gasteiger partial charge in [0.2, 0.25) is 0 Å². The van der Waals surface area contributed by atoms with Crippen LogP contribution in [0.5, 0.6) is 5.75 Å². The van der Waals surface area contributed by atoms with Gasteiger partial charge in [0, 0.05) is 0 Å². The molecule has 3 aromatic rings. The van der Waals surface area contributed by atoms with Crippen LogP contribution in [-0.4, -0.2) is 29.2 Å². The van der Waals surface area contributed by atoms with Crippen LogP contribution in [0.25, 0.3) is 22.7 Å². The van der Waals surface area contributed by atoms with Gasteiger partial charge in [-0.1, -0.05) is 12.1 Å². The summed E-state index contributed by atoms with van der Waals surface area (Å²) >= 11 is 3.43. The molecule has 0 saturated carbocycles. The molecule has 0 aliphatic heterocycles. The number of benzene rings is 2. The quantitative estimate of drug-likeness (QED) is 0.446. The molecule has 1 N–H and O–H groups in total. The summed E-state index contributed by atoms with van der Waals surface area (Å²) in [6.07, 6.45) is 1.74. The number of carbonyl (C=O) groups excluding carboxylic acids is 1. The van der Waals surface area contributed by atoms with Crippen LogP contribution in [0.15, 0.2) is 40.9 Å². The zero-order valence-electron chi connectivity index (χ0n) is 15.5. The van der Waals surface area contributed by atoms with Crippen LogP contribution in [0.4, 0.5) is 0 Å². The van der Waals surface area contributed by atoms with Crippen LogP contribution in [0.2, 0.25) is 0 Å². The molecule has 0 bridgehead atoms. The molecular weight excluding hydrogens is 422 g/mol. The minimum absolute atomic E-state index is 0.163. The maximum Gasteiger partial charge on any atom is 0.344 e. The van der Waals surface area contributed by atoms with Crippen LogP contribution in [0, 0.1) is 18.3 Å². The number of fused-ring (bicyclic) bond motifs is 1. The summed E-state index contributed by atoms with van der Waals surface area (Å²) in [4.78, 5) is 19.1. The van der Waals surface area contributed by atoms with Crippen molar-refractivity contribution in [3.63, 3.8) is 0 Å². The standard InChI is InChI=1S/C21H18BrN3O3/c1-3-27-20(26)12-28-19-7-5-14(10-16(19)22)9-15(11-23)21-24-17-6-4-13(2)8-18(17)25-21/h4-10H,3,12H2,1-2H3,(H,24,25). The summed E-state index contributed by atoms with van der Waals surface area (Å²) in [6, 6.07) is 13.4. The zero-order chi connectivity index (χ0) is 20.1. The van der Waals surface area contributed by atoms with E-state index in [-0.39, 0.29) is 6.61 Å². The van der Waals surface area contributed by atoms with Crippen molar-refractivity contribution < 1.29 is 14.3 Å². The lowest BCUT2D eigenvalue weighted by Gasteiger charge is -2.08. The molecule has 3 rings (SSSR count). The fourth-order valence-electron chi connectivity index (χ4n) is 2.63. The number of H-pyrrole nitrogens is 1. The minimum Gasteiger partial charge on any atom is -0.481 e. The van der Waals surface area contributed by atoms with E-state index in [1.807, 2.05) is 31.2 Å². The molecule has 1 heterocycles. The largest absolute Gasteiger partial charge is 0.481 e. The number of nitriles is 1. The maximum atomic E-state index is 11.4. The average Bonchev–Trinajstić information content (AvgIpc) is 3.08. The summed E-state index contributed by atoms with van der Waals surface area (Å²) < 4.78 is 11.0. The molecule has 0 fully saturated rings. The number of aromatic nitrogens is 2. The van der Waals surface area contributed by atoms with Gasteiger partial charge in [0.05, 0.1) is 27.7 Å². The smallest absolute Gasteiger partial charge is 0.344 e. The monoisotopic (exact) mass is 439 g/mol. The van der Waals surface area contributed by atoms with Crippen molar-refractivity contribution in [1.82, 2.24) is 9.97 Å². The number of rotatable bonds is 6. The molecule has 7 heteroatoms. The lowest BCUT2D eigenvalue weighted by Crippen LogP contribution is -2.14. The Hall–Kier alpha value is -3.11. The molecule has 0 atom stereocenters. The van der Waals surface area contributed by atoms with Crippen molar-refractivity contribution in [2.75, 3.05) is 13.2 Å². The molecular formula is C21H18BrN3O3. The van der Waals surface area contributed by atoms with Gasteiger partial charge >= 0.3 is 5.97 Å². The molecule has 2 aromatic carbocycles. The van der Waals surface area contributed by atoms with E-state index in [4.69, 9.17) is 9.47 Å². The average molecular weight is 440 g/mol. The number of hydrogen-bond acceptors (Lipinski definition) is 5. The Morgan fingerprint density at radius 3 is 2.86 bits per heavy atom. The summed E-state index contributed by atoms with van der Waals surface area (Å²) in [6.45, 7) is 3.89. The van der Waals surface area contributed by atoms with Gasteiger partial charge in [0.1, 0.15) is 17.6 Å². The first-order valence-corrected chi connectivity index (χ1v) is 9.46. The van der Waals surface area contributed by atoms with Crippen molar-refractivity contribution in [1.29, 1.82) is 5.26 Å². The van der Waals surface area contributed by atoms with Crippen molar-refractivity contribution in [3.8, 4) is 11.8 Å². The number of imidazole rings is 1. The highest BCUT2D eigenvalue weighted by Crippen LogP contribution is 2.28. The van der Waals surface area contributed by atoms with Gasteiger partial charge in [-0.25, -0.2) is 9.78 Å². The van der Waals surface area contributed by atoms with Gasteiger partial charge in [-0.15, -0.1) is 0 Å². The first kappa shape index (κ1) is 19.6. The van der Waals surface area contributed by atoms with Crippen LogP contribution < -0.4 is 4.74 Å². The van der Waals surface area contributed by atoms with E-state index >= 15 is 0 Å². The molecule has 6 nitrogen and oxygen atoms in total. The van der Waals surface area contributed by atoms with E-state index in [1.54, 1.807) is 25.1 Å². The lowest BCUT2D eigenvalue weighted by atomic mass is 10.1. The molecule has 28 heavy (non-hydrogen) atoms. The van der Waals surface area contributed by atoms with Crippen LogP contribution in [0.3, 0.4) is 0 Å². The Balaban J connectivity index is 1.83. The van der Waals surface area contributed by atoms with Crippen molar-refractivity contribution in [3.05, 3.63) is 57.8 Å². The molecule has 142 valence electrons. The molecule has 0 radical (unpaired) electrons. The number of hydrogen-bond donors (Lipinski definition) is 1. The Morgan fingerprint density at radius 1 is 1.32 bits per heavy atom. The number of allylic oxidation sites excluding steroid dienone is 1. The number of nitrogens with one attached hydrogen (secondary N) is 1. The SMILES string of the molecule is CCOC(=O)COc1ccc(C=C(C#N)c2nc3ccc(C)cc3[nH]2)cc1Br. The first-order valence-electron chi connectivity index (χ1n) is 8.66. The Kier molecular flexibility index (Phi) is 6.12. The van der Waals surface area contributed by atoms with E-state index in [2.05, 4.69) is 32.0 Å². The highest BCUT2D eigenvalue weighted by atomic mass is 79.9. The van der Waals surface area contributed by atoms with Crippen molar-refractivity contribution >= 4 is 44.6 Å². The maximum absolute atomic E-state index is 11.4. The fourth-order valence-corrected chi connectivity index (χ4v) is 3.15. The van der Waals surface area contributed by atoms with Gasteiger partial charge < -0.3 is 14.5 Å². The third kappa shape index (κ3) is 4.59. The van der Waals surface area contributed by atoms with Crippen molar-refractivity contribution in [2.45, 2.75) is 13.8 Å². The molecule has 0 aliphatic rings. The third-order valence-electron chi connectivity index (χ3n) is 3.93. The lowest BCUT2D eigenvalue weighted by molar-refractivity contribution is -0.145. The normalized spacial score (nSPS) is 11.3. The van der Waals surface area contributed by atoms with Gasteiger partial charge in [0.15, 0.2) is 6.61 Å². The number of halogens is 1. The van der Waals surface area contributed by atoms with Gasteiger partial charge in [-0.2, -0.15) is 5.26 Å². The summed E-state index contributed by atoms with van der Waals surface area (Å²) in [5, 5.41) is 9.57. The minimum atomic E-state index is -0.426. The molecule has 0 aliphatic carbocycles. The predicted octanol–water partition coefficient (Wildman–Crippen LogP) is 4.64. The summed E-state index contributed by atoms with van der Waals surface area (Å²) in [5.41, 5.74) is 4.03. The molecule has 1 aromatic heterocycles. The second kappa shape index (κ2) is 8.72. The molecule has 0 amide bonds. The van der Waals surface area contributed by atoms with E-state index in [0.29, 0.717) is 28.2 Å². The Labute approximate surface area is 170 Å². The van der Waals surface area contributed by atoms with Crippen LogP contribution >= 0.6 is 15.9 Å². The Bertz CT molecular complexity index is 1100. The van der Waals surface area contributed by atoms with E-state index in [0.717, 1.165) is 22.2 Å². The zero-order valence-corrected chi connectivity index (χ0v) is 17.0. The van der Waals surface area contributed by atoms with E-state index < -0.39 is 5.97 Å². The van der Waals surface area contributed by atoms with E-state index in [1.165, 1.54) is 0 Å². The van der Waals surface area contributed by atoms with E-state index in [9.17, 15) is 10.1 Å². The molecule has 0 saturated heterocycles. The van der Waals surface area contributed by atoms with Crippen molar-refractivity contribution in [2.24, 2.45) is 0 Å². The first-order chi connectivity index (χ1) is 13.5. The van der Waals surface area contributed by atoms with Gasteiger partial charge in [0.25, 0.3) is 0 Å².